The van der Waals surface area contributed by atoms with Crippen LogP contribution in [0.25, 0.3) is 0 Å². The van der Waals surface area contributed by atoms with Crippen molar-refractivity contribution < 1.29 is 0 Å². The highest BCUT2D eigenvalue weighted by molar-refractivity contribution is 9.10. The molecule has 0 spiro atoms. The second kappa shape index (κ2) is 5.04. The highest BCUT2D eigenvalue weighted by atomic mass is 79.9. The van der Waals surface area contributed by atoms with Crippen LogP contribution in [0.5, 0.6) is 0 Å². The molecule has 1 unspecified atom stereocenters. The minimum absolute atomic E-state index is 0.649. The van der Waals surface area contributed by atoms with E-state index in [0.29, 0.717) is 6.04 Å². The van der Waals surface area contributed by atoms with Gasteiger partial charge in [0.25, 0.3) is 0 Å². The van der Waals surface area contributed by atoms with E-state index in [2.05, 4.69) is 37.2 Å². The number of nitrogens with one attached hydrogen (secondary N) is 1. The summed E-state index contributed by atoms with van der Waals surface area (Å²) in [5, 5.41) is 3.61. The summed E-state index contributed by atoms with van der Waals surface area (Å²) in [7, 11) is 0. The smallest absolute Gasteiger partial charge is 0.106 e. The summed E-state index contributed by atoms with van der Waals surface area (Å²) >= 11 is 3.41. The van der Waals surface area contributed by atoms with E-state index in [1.54, 1.807) is 0 Å². The van der Waals surface area contributed by atoms with Crippen LogP contribution in [0.4, 0.5) is 0 Å². The zero-order chi connectivity index (χ0) is 11.7. The van der Waals surface area contributed by atoms with E-state index in [4.69, 9.17) is 0 Å². The van der Waals surface area contributed by atoms with Crippen LogP contribution in [-0.4, -0.2) is 35.1 Å². The Hall–Kier alpha value is -0.450. The van der Waals surface area contributed by atoms with Gasteiger partial charge in [0.15, 0.2) is 0 Å². The molecule has 0 aromatic carbocycles. The first-order chi connectivity index (χ1) is 8.31. The maximum atomic E-state index is 4.44. The standard InChI is InChI=1S/C13H18BrN3/c14-13-3-1-2-10(16-13)8-15-11-6-7-17(9-11)12-4-5-12/h1-3,11-12,15H,4-9H2. The third kappa shape index (κ3) is 3.06. The molecule has 1 aliphatic carbocycles. The van der Waals surface area contributed by atoms with Crippen molar-refractivity contribution in [3.8, 4) is 0 Å². The SMILES string of the molecule is Brc1cccc(CNC2CCN(C3CC3)C2)n1. The van der Waals surface area contributed by atoms with Gasteiger partial charge in [0.05, 0.1) is 5.69 Å². The minimum atomic E-state index is 0.649. The lowest BCUT2D eigenvalue weighted by Crippen LogP contribution is -2.33. The number of halogens is 1. The van der Waals surface area contributed by atoms with Crippen molar-refractivity contribution in [3.63, 3.8) is 0 Å². The number of hydrogen-bond donors (Lipinski definition) is 1. The number of pyridine rings is 1. The molecule has 17 heavy (non-hydrogen) atoms. The Labute approximate surface area is 111 Å². The summed E-state index contributed by atoms with van der Waals surface area (Å²) < 4.78 is 0.919. The zero-order valence-corrected chi connectivity index (χ0v) is 11.5. The third-order valence-corrected chi connectivity index (χ3v) is 4.07. The minimum Gasteiger partial charge on any atom is -0.307 e. The average molecular weight is 296 g/mol. The van der Waals surface area contributed by atoms with Gasteiger partial charge in [0.2, 0.25) is 0 Å². The van der Waals surface area contributed by atoms with Gasteiger partial charge < -0.3 is 5.32 Å². The molecule has 1 saturated carbocycles. The van der Waals surface area contributed by atoms with Crippen LogP contribution >= 0.6 is 15.9 Å². The van der Waals surface area contributed by atoms with Crippen LogP contribution in [0.15, 0.2) is 22.8 Å². The van der Waals surface area contributed by atoms with Crippen molar-refractivity contribution >= 4 is 15.9 Å². The van der Waals surface area contributed by atoms with Crippen LogP contribution in [0.3, 0.4) is 0 Å². The number of rotatable bonds is 4. The fraction of sp³-hybridized carbons (Fsp3) is 0.615. The summed E-state index contributed by atoms with van der Waals surface area (Å²) in [5.74, 6) is 0. The lowest BCUT2D eigenvalue weighted by atomic mass is 10.2. The number of hydrogen-bond acceptors (Lipinski definition) is 3. The Morgan fingerprint density at radius 1 is 1.35 bits per heavy atom. The van der Waals surface area contributed by atoms with Gasteiger partial charge in [-0.1, -0.05) is 6.07 Å². The topological polar surface area (TPSA) is 28.2 Å². The van der Waals surface area contributed by atoms with Crippen LogP contribution in [0, 0.1) is 0 Å². The third-order valence-electron chi connectivity index (χ3n) is 3.63. The van der Waals surface area contributed by atoms with E-state index < -0.39 is 0 Å². The number of aromatic nitrogens is 1. The Balaban J connectivity index is 1.48. The van der Waals surface area contributed by atoms with Gasteiger partial charge in [-0.15, -0.1) is 0 Å². The molecule has 3 nitrogen and oxygen atoms in total. The van der Waals surface area contributed by atoms with Crippen molar-refractivity contribution in [2.45, 2.75) is 37.9 Å². The van der Waals surface area contributed by atoms with E-state index in [9.17, 15) is 0 Å². The van der Waals surface area contributed by atoms with E-state index in [-0.39, 0.29) is 0 Å². The van der Waals surface area contributed by atoms with Gasteiger partial charge in [0.1, 0.15) is 4.60 Å². The summed E-state index contributed by atoms with van der Waals surface area (Å²) in [6.07, 6.45) is 4.12. The zero-order valence-electron chi connectivity index (χ0n) is 9.90. The van der Waals surface area contributed by atoms with E-state index in [1.165, 1.54) is 32.4 Å². The normalized spacial score (nSPS) is 25.4. The highest BCUT2D eigenvalue weighted by Crippen LogP contribution is 2.29. The predicted molar refractivity (Wildman–Crippen MR) is 71.8 cm³/mol. The number of likely N-dealkylation sites (tertiary alicyclic amines) is 1. The maximum absolute atomic E-state index is 4.44. The van der Waals surface area contributed by atoms with Crippen molar-refractivity contribution in [1.29, 1.82) is 0 Å². The van der Waals surface area contributed by atoms with E-state index >= 15 is 0 Å². The van der Waals surface area contributed by atoms with Gasteiger partial charge in [-0.2, -0.15) is 0 Å². The summed E-state index contributed by atoms with van der Waals surface area (Å²) in [4.78, 5) is 7.07. The maximum Gasteiger partial charge on any atom is 0.106 e. The molecule has 1 N–H and O–H groups in total. The molecule has 2 aliphatic rings. The second-order valence-electron chi connectivity index (χ2n) is 5.04. The average Bonchev–Trinajstić information content (AvgIpc) is 3.07. The van der Waals surface area contributed by atoms with Gasteiger partial charge in [-0.25, -0.2) is 4.98 Å². The molecule has 0 radical (unpaired) electrons. The molecule has 92 valence electrons. The van der Waals surface area contributed by atoms with Crippen LogP contribution < -0.4 is 5.32 Å². The molecule has 2 fully saturated rings. The molecule has 1 aromatic rings. The first-order valence-electron chi connectivity index (χ1n) is 6.40. The van der Waals surface area contributed by atoms with Crippen molar-refractivity contribution in [2.24, 2.45) is 0 Å². The molecular weight excluding hydrogens is 278 g/mol. The molecule has 2 heterocycles. The quantitative estimate of drug-likeness (QED) is 0.863. The molecule has 1 aliphatic heterocycles. The molecule has 0 bridgehead atoms. The lowest BCUT2D eigenvalue weighted by molar-refractivity contribution is 0.317. The fourth-order valence-electron chi connectivity index (χ4n) is 2.52. The Morgan fingerprint density at radius 2 is 2.24 bits per heavy atom. The Bertz CT molecular complexity index is 392. The van der Waals surface area contributed by atoms with Gasteiger partial charge in [0, 0.05) is 31.7 Å². The molecule has 3 rings (SSSR count). The molecule has 1 saturated heterocycles. The first-order valence-corrected chi connectivity index (χ1v) is 7.19. The molecule has 4 heteroatoms. The molecule has 1 atom stereocenters. The highest BCUT2D eigenvalue weighted by Gasteiger charge is 2.33. The summed E-state index contributed by atoms with van der Waals surface area (Å²) in [5.41, 5.74) is 1.12. The largest absolute Gasteiger partial charge is 0.307 e. The molecule has 1 aromatic heterocycles. The van der Waals surface area contributed by atoms with Gasteiger partial charge in [-0.05, 0) is 47.3 Å². The van der Waals surface area contributed by atoms with Crippen molar-refractivity contribution in [1.82, 2.24) is 15.2 Å². The summed E-state index contributed by atoms with van der Waals surface area (Å²) in [6, 6.07) is 7.64. The lowest BCUT2D eigenvalue weighted by Gasteiger charge is -2.15. The number of nitrogens with zero attached hydrogens (tertiary/aromatic N) is 2. The molecular formula is C13H18BrN3. The van der Waals surface area contributed by atoms with Crippen LogP contribution in [-0.2, 0) is 6.54 Å². The summed E-state index contributed by atoms with van der Waals surface area (Å²) in [6.45, 7) is 3.37. The van der Waals surface area contributed by atoms with Gasteiger partial charge in [-0.3, -0.25) is 4.90 Å². The van der Waals surface area contributed by atoms with Crippen LogP contribution in [0.1, 0.15) is 25.0 Å². The molecule has 0 amide bonds. The van der Waals surface area contributed by atoms with E-state index in [1.807, 2.05) is 12.1 Å². The Morgan fingerprint density at radius 3 is 3.00 bits per heavy atom. The predicted octanol–water partition coefficient (Wildman–Crippen LogP) is 2.17. The van der Waals surface area contributed by atoms with Gasteiger partial charge >= 0.3 is 0 Å². The fourth-order valence-corrected chi connectivity index (χ4v) is 2.90. The Kier molecular flexibility index (Phi) is 3.45. The first kappa shape index (κ1) is 11.6. The monoisotopic (exact) mass is 295 g/mol. The van der Waals surface area contributed by atoms with Crippen molar-refractivity contribution in [3.05, 3.63) is 28.5 Å². The van der Waals surface area contributed by atoms with E-state index in [0.717, 1.165) is 22.9 Å². The van der Waals surface area contributed by atoms with Crippen LogP contribution in [0.2, 0.25) is 0 Å². The van der Waals surface area contributed by atoms with Crippen molar-refractivity contribution in [2.75, 3.05) is 13.1 Å². The second-order valence-corrected chi connectivity index (χ2v) is 5.86.